The quantitative estimate of drug-likeness (QED) is 0.741. The number of para-hydroxylation sites is 1. The Morgan fingerprint density at radius 1 is 1.20 bits per heavy atom. The van der Waals surface area contributed by atoms with Gasteiger partial charge in [0.25, 0.3) is 0 Å². The number of unbranched alkanes of at least 4 members (excludes halogenated alkanes) is 1. The van der Waals surface area contributed by atoms with Crippen LogP contribution in [0.25, 0.3) is 0 Å². The molecule has 0 spiro atoms. The minimum atomic E-state index is 0.445. The molecule has 0 radical (unpaired) electrons. The Labute approximate surface area is 93.1 Å². The zero-order valence-electron chi connectivity index (χ0n) is 9.87. The molecule has 1 rings (SSSR count). The van der Waals surface area contributed by atoms with Gasteiger partial charge in [0.1, 0.15) is 5.75 Å². The molecule has 1 heteroatoms. The molecule has 0 aromatic heterocycles. The van der Waals surface area contributed by atoms with Gasteiger partial charge in [-0.2, -0.15) is 0 Å². The van der Waals surface area contributed by atoms with E-state index in [-0.39, 0.29) is 0 Å². The number of phenols is 1. The molecule has 0 aliphatic heterocycles. The van der Waals surface area contributed by atoms with Gasteiger partial charge < -0.3 is 5.11 Å². The van der Waals surface area contributed by atoms with Gasteiger partial charge in [-0.3, -0.25) is 0 Å². The Hall–Kier alpha value is -0.980. The largest absolute Gasteiger partial charge is 0.508 e. The van der Waals surface area contributed by atoms with Crippen LogP contribution in [0.1, 0.15) is 45.1 Å². The maximum atomic E-state index is 9.60. The summed E-state index contributed by atoms with van der Waals surface area (Å²) in [4.78, 5) is 0. The number of aryl methyl sites for hydroxylation is 1. The lowest BCUT2D eigenvalue weighted by atomic mass is 9.96. The summed E-state index contributed by atoms with van der Waals surface area (Å²) in [5.74, 6) is 1.21. The minimum absolute atomic E-state index is 0.445. The molecule has 84 valence electrons. The number of hydrogen-bond donors (Lipinski definition) is 1. The molecule has 0 aliphatic carbocycles. The SMILES string of the molecule is CCCCC(C)CCc1ccccc1O. The fraction of sp³-hybridized carbons (Fsp3) is 0.571. The predicted molar refractivity (Wildman–Crippen MR) is 65.1 cm³/mol. The van der Waals surface area contributed by atoms with Crippen LogP contribution in [0.4, 0.5) is 0 Å². The normalized spacial score (nSPS) is 12.7. The third-order valence-corrected chi connectivity index (χ3v) is 2.95. The average Bonchev–Trinajstić information content (AvgIpc) is 2.25. The van der Waals surface area contributed by atoms with Crippen molar-refractivity contribution in [2.45, 2.75) is 46.0 Å². The molecule has 1 aromatic carbocycles. The van der Waals surface area contributed by atoms with Gasteiger partial charge in [-0.05, 0) is 30.4 Å². The summed E-state index contributed by atoms with van der Waals surface area (Å²) >= 11 is 0. The molecular weight excluding hydrogens is 184 g/mol. The zero-order chi connectivity index (χ0) is 11.1. The summed E-state index contributed by atoms with van der Waals surface area (Å²) in [5, 5.41) is 9.60. The van der Waals surface area contributed by atoms with Crippen molar-refractivity contribution in [2.24, 2.45) is 5.92 Å². The smallest absolute Gasteiger partial charge is 0.118 e. The van der Waals surface area contributed by atoms with Crippen LogP contribution in [0, 0.1) is 5.92 Å². The van der Waals surface area contributed by atoms with Crippen LogP contribution in [0.5, 0.6) is 5.75 Å². The van der Waals surface area contributed by atoms with Crippen molar-refractivity contribution in [3.8, 4) is 5.75 Å². The lowest BCUT2D eigenvalue weighted by Crippen LogP contribution is -1.97. The van der Waals surface area contributed by atoms with Crippen LogP contribution in [-0.2, 0) is 6.42 Å². The maximum absolute atomic E-state index is 9.60. The first-order valence-corrected chi connectivity index (χ1v) is 6.01. The number of phenolic OH excluding ortho intramolecular Hbond substituents is 1. The fourth-order valence-corrected chi connectivity index (χ4v) is 1.82. The Kier molecular flexibility index (Phi) is 5.23. The van der Waals surface area contributed by atoms with Crippen molar-refractivity contribution < 1.29 is 5.11 Å². The van der Waals surface area contributed by atoms with E-state index in [2.05, 4.69) is 13.8 Å². The van der Waals surface area contributed by atoms with Crippen LogP contribution in [0.15, 0.2) is 24.3 Å². The summed E-state index contributed by atoms with van der Waals surface area (Å²) in [5.41, 5.74) is 1.08. The number of aromatic hydroxyl groups is 1. The molecule has 15 heavy (non-hydrogen) atoms. The average molecular weight is 206 g/mol. The summed E-state index contributed by atoms with van der Waals surface area (Å²) < 4.78 is 0. The zero-order valence-corrected chi connectivity index (χ0v) is 9.87. The molecule has 1 N–H and O–H groups in total. The van der Waals surface area contributed by atoms with E-state index in [1.54, 1.807) is 6.07 Å². The Morgan fingerprint density at radius 3 is 2.60 bits per heavy atom. The summed E-state index contributed by atoms with van der Waals surface area (Å²) in [6, 6.07) is 7.65. The molecule has 0 saturated carbocycles. The van der Waals surface area contributed by atoms with Crippen molar-refractivity contribution in [1.29, 1.82) is 0 Å². The van der Waals surface area contributed by atoms with Crippen LogP contribution in [0.2, 0.25) is 0 Å². The van der Waals surface area contributed by atoms with Crippen molar-refractivity contribution in [2.75, 3.05) is 0 Å². The molecule has 0 fully saturated rings. The highest BCUT2D eigenvalue weighted by atomic mass is 16.3. The van der Waals surface area contributed by atoms with Gasteiger partial charge in [-0.1, -0.05) is 51.3 Å². The Bertz CT molecular complexity index is 280. The van der Waals surface area contributed by atoms with Crippen molar-refractivity contribution in [1.82, 2.24) is 0 Å². The topological polar surface area (TPSA) is 20.2 Å². The summed E-state index contributed by atoms with van der Waals surface area (Å²) in [6.07, 6.45) is 6.09. The van der Waals surface area contributed by atoms with Crippen molar-refractivity contribution >= 4 is 0 Å². The van der Waals surface area contributed by atoms with E-state index in [1.807, 2.05) is 18.2 Å². The van der Waals surface area contributed by atoms with Crippen LogP contribution in [0.3, 0.4) is 0 Å². The van der Waals surface area contributed by atoms with Crippen molar-refractivity contribution in [3.05, 3.63) is 29.8 Å². The summed E-state index contributed by atoms with van der Waals surface area (Å²) in [6.45, 7) is 4.53. The van der Waals surface area contributed by atoms with Gasteiger partial charge in [0.05, 0.1) is 0 Å². The second-order valence-corrected chi connectivity index (χ2v) is 4.41. The first-order valence-electron chi connectivity index (χ1n) is 6.01. The van der Waals surface area contributed by atoms with Gasteiger partial charge in [0.2, 0.25) is 0 Å². The lowest BCUT2D eigenvalue weighted by Gasteiger charge is -2.11. The van der Waals surface area contributed by atoms with Gasteiger partial charge in [0, 0.05) is 0 Å². The molecule has 0 amide bonds. The molecule has 1 unspecified atom stereocenters. The second-order valence-electron chi connectivity index (χ2n) is 4.41. The van der Waals surface area contributed by atoms with E-state index in [0.717, 1.165) is 17.9 Å². The van der Waals surface area contributed by atoms with E-state index in [0.29, 0.717) is 5.75 Å². The molecule has 0 bridgehead atoms. The van der Waals surface area contributed by atoms with E-state index in [1.165, 1.54) is 25.7 Å². The highest BCUT2D eigenvalue weighted by Crippen LogP contribution is 2.21. The monoisotopic (exact) mass is 206 g/mol. The molecular formula is C14H22O. The summed E-state index contributed by atoms with van der Waals surface area (Å²) in [7, 11) is 0. The molecule has 0 saturated heterocycles. The maximum Gasteiger partial charge on any atom is 0.118 e. The van der Waals surface area contributed by atoms with Gasteiger partial charge in [-0.15, -0.1) is 0 Å². The van der Waals surface area contributed by atoms with E-state index in [4.69, 9.17) is 0 Å². The molecule has 0 aliphatic rings. The van der Waals surface area contributed by atoms with Crippen LogP contribution < -0.4 is 0 Å². The van der Waals surface area contributed by atoms with Crippen LogP contribution in [-0.4, -0.2) is 5.11 Å². The lowest BCUT2D eigenvalue weighted by molar-refractivity contribution is 0.448. The van der Waals surface area contributed by atoms with E-state index < -0.39 is 0 Å². The van der Waals surface area contributed by atoms with Gasteiger partial charge in [-0.25, -0.2) is 0 Å². The Balaban J connectivity index is 2.33. The van der Waals surface area contributed by atoms with Gasteiger partial charge >= 0.3 is 0 Å². The highest BCUT2D eigenvalue weighted by Gasteiger charge is 2.04. The molecule has 1 aromatic rings. The van der Waals surface area contributed by atoms with E-state index >= 15 is 0 Å². The van der Waals surface area contributed by atoms with Gasteiger partial charge in [0.15, 0.2) is 0 Å². The predicted octanol–water partition coefficient (Wildman–Crippen LogP) is 4.15. The first kappa shape index (κ1) is 12.1. The number of benzene rings is 1. The molecule has 1 atom stereocenters. The molecule has 0 heterocycles. The number of hydrogen-bond acceptors (Lipinski definition) is 1. The fourth-order valence-electron chi connectivity index (χ4n) is 1.82. The number of rotatable bonds is 6. The highest BCUT2D eigenvalue weighted by molar-refractivity contribution is 5.31. The molecule has 1 nitrogen and oxygen atoms in total. The first-order chi connectivity index (χ1) is 7.24. The Morgan fingerprint density at radius 2 is 1.93 bits per heavy atom. The van der Waals surface area contributed by atoms with E-state index in [9.17, 15) is 5.11 Å². The minimum Gasteiger partial charge on any atom is -0.508 e. The standard InChI is InChI=1S/C14H22O/c1-3-4-7-12(2)10-11-13-8-5-6-9-14(13)15/h5-6,8-9,12,15H,3-4,7,10-11H2,1-2H3. The third-order valence-electron chi connectivity index (χ3n) is 2.95. The van der Waals surface area contributed by atoms with Crippen molar-refractivity contribution in [3.63, 3.8) is 0 Å². The van der Waals surface area contributed by atoms with Crippen LogP contribution >= 0.6 is 0 Å². The third kappa shape index (κ3) is 4.37. The second kappa shape index (κ2) is 6.49.